The maximum absolute atomic E-state index is 7.08. The minimum absolute atomic E-state index is 0.465. The molecule has 1 N–H and O–H groups in total. The second-order valence-corrected chi connectivity index (χ2v) is 2.20. The Morgan fingerprint density at radius 3 is 2.50 bits per heavy atom. The Morgan fingerprint density at radius 1 is 1.88 bits per heavy atom. The molecule has 0 aromatic heterocycles. The monoisotopic (exact) mass is 111 g/mol. The molecule has 0 heterocycles. The van der Waals surface area contributed by atoms with Crippen molar-refractivity contribution in [2.75, 3.05) is 0 Å². The lowest BCUT2D eigenvalue weighted by Gasteiger charge is -2.00. The Balaban J connectivity index is 3.38. The third-order valence-electron chi connectivity index (χ3n) is 1.03. The molecule has 0 aromatic rings. The minimum atomic E-state index is 0.465. The summed E-state index contributed by atoms with van der Waals surface area (Å²) < 4.78 is 0. The van der Waals surface area contributed by atoms with Gasteiger partial charge in [-0.3, -0.25) is 0 Å². The van der Waals surface area contributed by atoms with Gasteiger partial charge >= 0.3 is 0 Å². The lowest BCUT2D eigenvalue weighted by Crippen LogP contribution is -1.96. The zero-order valence-corrected chi connectivity index (χ0v) is 5.57. The van der Waals surface area contributed by atoms with E-state index in [-0.39, 0.29) is 0 Å². The number of nitrogens with one attached hydrogen (secondary N) is 1. The summed E-state index contributed by atoms with van der Waals surface area (Å²) in [5.74, 6) is 0.465. The van der Waals surface area contributed by atoms with Crippen molar-refractivity contribution in [3.05, 3.63) is 12.7 Å². The molecule has 1 unspecified atom stereocenters. The first-order valence-electron chi connectivity index (χ1n) is 2.83. The second-order valence-electron chi connectivity index (χ2n) is 2.20. The van der Waals surface area contributed by atoms with Crippen LogP contribution in [0.2, 0.25) is 0 Å². The Labute approximate surface area is 50.9 Å². The fraction of sp³-hybridized carbons (Fsp3) is 0.571. The summed E-state index contributed by atoms with van der Waals surface area (Å²) in [4.78, 5) is 0. The molecule has 0 aliphatic heterocycles. The van der Waals surface area contributed by atoms with E-state index >= 15 is 0 Å². The summed E-state index contributed by atoms with van der Waals surface area (Å²) in [7, 11) is 0. The Kier molecular flexibility index (Phi) is 3.16. The molecule has 0 aliphatic rings. The van der Waals surface area contributed by atoms with Gasteiger partial charge in [-0.2, -0.15) is 0 Å². The molecule has 0 radical (unpaired) electrons. The van der Waals surface area contributed by atoms with Crippen molar-refractivity contribution >= 4 is 5.71 Å². The lowest BCUT2D eigenvalue weighted by atomic mass is 10.1. The highest BCUT2D eigenvalue weighted by Gasteiger charge is 1.94. The quantitative estimate of drug-likeness (QED) is 0.426. The van der Waals surface area contributed by atoms with Crippen molar-refractivity contribution in [2.45, 2.75) is 20.3 Å². The zero-order valence-electron chi connectivity index (χ0n) is 5.57. The Morgan fingerprint density at radius 2 is 2.38 bits per heavy atom. The standard InChI is InChI=1S/C7H13N/c1-4-6(2)5-7(3)8/h4,6,8H,1,5H2,2-3H3. The first kappa shape index (κ1) is 7.41. The highest BCUT2D eigenvalue weighted by Crippen LogP contribution is 2.01. The van der Waals surface area contributed by atoms with Crippen molar-refractivity contribution in [1.29, 1.82) is 5.41 Å². The summed E-state index contributed by atoms with van der Waals surface area (Å²) >= 11 is 0. The Hall–Kier alpha value is -0.590. The van der Waals surface area contributed by atoms with E-state index in [1.807, 2.05) is 13.0 Å². The van der Waals surface area contributed by atoms with E-state index in [0.717, 1.165) is 12.1 Å². The van der Waals surface area contributed by atoms with Crippen LogP contribution in [0.3, 0.4) is 0 Å². The molecule has 0 rings (SSSR count). The average Bonchev–Trinajstić information content (AvgIpc) is 1.65. The topological polar surface area (TPSA) is 23.9 Å². The number of allylic oxidation sites excluding steroid dienone is 1. The van der Waals surface area contributed by atoms with Crippen LogP contribution in [0.15, 0.2) is 12.7 Å². The van der Waals surface area contributed by atoms with E-state index < -0.39 is 0 Å². The number of hydrogen-bond donors (Lipinski definition) is 1. The summed E-state index contributed by atoms with van der Waals surface area (Å²) in [6.45, 7) is 7.50. The summed E-state index contributed by atoms with van der Waals surface area (Å²) in [6.07, 6.45) is 2.72. The van der Waals surface area contributed by atoms with Crippen LogP contribution in [-0.4, -0.2) is 5.71 Å². The highest BCUT2D eigenvalue weighted by atomic mass is 14.4. The first-order valence-corrected chi connectivity index (χ1v) is 2.83. The largest absolute Gasteiger partial charge is 0.310 e. The minimum Gasteiger partial charge on any atom is -0.310 e. The van der Waals surface area contributed by atoms with Crippen molar-refractivity contribution in [2.24, 2.45) is 5.92 Å². The predicted octanol–water partition coefficient (Wildman–Crippen LogP) is 2.24. The summed E-state index contributed by atoms with van der Waals surface area (Å²) in [5.41, 5.74) is 0.734. The van der Waals surface area contributed by atoms with Gasteiger partial charge in [0.15, 0.2) is 0 Å². The molecular formula is C7H13N. The first-order chi connectivity index (χ1) is 3.66. The van der Waals surface area contributed by atoms with Crippen LogP contribution >= 0.6 is 0 Å². The van der Waals surface area contributed by atoms with E-state index in [2.05, 4.69) is 13.5 Å². The molecule has 0 amide bonds. The van der Waals surface area contributed by atoms with Gasteiger partial charge in [0.25, 0.3) is 0 Å². The molecule has 1 nitrogen and oxygen atoms in total. The van der Waals surface area contributed by atoms with Gasteiger partial charge in [-0.25, -0.2) is 0 Å². The van der Waals surface area contributed by atoms with E-state index in [9.17, 15) is 0 Å². The van der Waals surface area contributed by atoms with Crippen molar-refractivity contribution in [1.82, 2.24) is 0 Å². The normalized spacial score (nSPS) is 12.8. The van der Waals surface area contributed by atoms with Crippen molar-refractivity contribution in [3.63, 3.8) is 0 Å². The molecule has 0 aliphatic carbocycles. The molecule has 0 spiro atoms. The van der Waals surface area contributed by atoms with Crippen molar-refractivity contribution in [3.8, 4) is 0 Å². The van der Waals surface area contributed by atoms with Gasteiger partial charge in [0.2, 0.25) is 0 Å². The van der Waals surface area contributed by atoms with Crippen LogP contribution in [0.5, 0.6) is 0 Å². The molecule has 1 atom stereocenters. The van der Waals surface area contributed by atoms with Gasteiger partial charge < -0.3 is 5.41 Å². The maximum atomic E-state index is 7.08. The molecule has 0 fully saturated rings. The molecule has 0 saturated heterocycles. The van der Waals surface area contributed by atoms with Crippen LogP contribution in [-0.2, 0) is 0 Å². The number of hydrogen-bond acceptors (Lipinski definition) is 1. The SMILES string of the molecule is C=CC(C)CC(C)=N. The van der Waals surface area contributed by atoms with Gasteiger partial charge in [0.05, 0.1) is 0 Å². The van der Waals surface area contributed by atoms with Crippen LogP contribution in [0.4, 0.5) is 0 Å². The van der Waals surface area contributed by atoms with Gasteiger partial charge in [-0.1, -0.05) is 13.0 Å². The van der Waals surface area contributed by atoms with Crippen LogP contribution in [0.1, 0.15) is 20.3 Å². The van der Waals surface area contributed by atoms with E-state index in [1.165, 1.54) is 0 Å². The predicted molar refractivity (Wildman–Crippen MR) is 37.4 cm³/mol. The summed E-state index contributed by atoms with van der Waals surface area (Å²) in [5, 5.41) is 7.08. The van der Waals surface area contributed by atoms with E-state index in [4.69, 9.17) is 5.41 Å². The second kappa shape index (κ2) is 3.42. The Bertz CT molecular complexity index is 94.6. The smallest absolute Gasteiger partial charge is 0.00639 e. The molecular weight excluding hydrogens is 98.1 g/mol. The molecule has 8 heavy (non-hydrogen) atoms. The van der Waals surface area contributed by atoms with Gasteiger partial charge in [0.1, 0.15) is 0 Å². The molecule has 1 heteroatoms. The number of rotatable bonds is 3. The molecule has 0 saturated carbocycles. The van der Waals surface area contributed by atoms with E-state index in [1.54, 1.807) is 0 Å². The van der Waals surface area contributed by atoms with Crippen molar-refractivity contribution < 1.29 is 0 Å². The van der Waals surface area contributed by atoms with Gasteiger partial charge in [-0.15, -0.1) is 6.58 Å². The van der Waals surface area contributed by atoms with Crippen LogP contribution in [0.25, 0.3) is 0 Å². The highest BCUT2D eigenvalue weighted by molar-refractivity contribution is 5.78. The van der Waals surface area contributed by atoms with Crippen LogP contribution in [0, 0.1) is 11.3 Å². The lowest BCUT2D eigenvalue weighted by molar-refractivity contribution is 0.766. The zero-order chi connectivity index (χ0) is 6.57. The fourth-order valence-electron chi connectivity index (χ4n) is 0.566. The van der Waals surface area contributed by atoms with Gasteiger partial charge in [0, 0.05) is 5.71 Å². The molecule has 46 valence electrons. The average molecular weight is 111 g/mol. The molecule has 0 aromatic carbocycles. The van der Waals surface area contributed by atoms with Gasteiger partial charge in [-0.05, 0) is 19.3 Å². The third kappa shape index (κ3) is 3.59. The van der Waals surface area contributed by atoms with Crippen LogP contribution < -0.4 is 0 Å². The third-order valence-corrected chi connectivity index (χ3v) is 1.03. The molecule has 0 bridgehead atoms. The fourth-order valence-corrected chi connectivity index (χ4v) is 0.566. The summed E-state index contributed by atoms with van der Waals surface area (Å²) in [6, 6.07) is 0. The maximum Gasteiger partial charge on any atom is 0.00639 e. The van der Waals surface area contributed by atoms with E-state index in [0.29, 0.717) is 5.92 Å².